The van der Waals surface area contributed by atoms with Gasteiger partial charge in [0.25, 0.3) is 0 Å². The summed E-state index contributed by atoms with van der Waals surface area (Å²) in [6.07, 6.45) is 54.4. The number of nitrogens with zero attached hydrogens (tertiary/aromatic N) is 1. The van der Waals surface area contributed by atoms with Gasteiger partial charge in [0.1, 0.15) is 12.6 Å². The fraction of sp³-hybridized carbons (Fsp3) is 0.627. The topological polar surface area (TPSA) is 102 Å². The first kappa shape index (κ1) is 55.2. The quantitative estimate of drug-likeness (QED) is 0.0200. The van der Waals surface area contributed by atoms with E-state index in [1.165, 1.54) is 32.1 Å². The summed E-state index contributed by atoms with van der Waals surface area (Å²) in [5.41, 5.74) is 0. The van der Waals surface area contributed by atoms with Crippen molar-refractivity contribution in [2.45, 2.75) is 167 Å². The number of esters is 2. The van der Waals surface area contributed by atoms with Crippen LogP contribution in [-0.2, 0) is 28.6 Å². The summed E-state index contributed by atoms with van der Waals surface area (Å²) >= 11 is 0. The van der Waals surface area contributed by atoms with Crippen molar-refractivity contribution < 1.29 is 38.2 Å². The Morgan fingerprint density at radius 2 is 1.02 bits per heavy atom. The Bertz CT molecular complexity index is 1280. The van der Waals surface area contributed by atoms with E-state index in [0.717, 1.165) is 83.5 Å². The number of aliphatic carboxylic acids is 1. The van der Waals surface area contributed by atoms with Gasteiger partial charge in [0.2, 0.25) is 0 Å². The minimum absolute atomic E-state index is 0.00746. The molecule has 0 rings (SSSR count). The van der Waals surface area contributed by atoms with Gasteiger partial charge in [-0.05, 0) is 83.5 Å². The zero-order chi connectivity index (χ0) is 43.5. The van der Waals surface area contributed by atoms with Gasteiger partial charge in [-0.15, -0.1) is 0 Å². The first-order chi connectivity index (χ1) is 28.6. The number of carboxylic acids is 1. The molecule has 0 saturated heterocycles. The van der Waals surface area contributed by atoms with Gasteiger partial charge in [-0.2, -0.15) is 0 Å². The Morgan fingerprint density at radius 3 is 1.54 bits per heavy atom. The van der Waals surface area contributed by atoms with Crippen molar-refractivity contribution in [3.63, 3.8) is 0 Å². The zero-order valence-electron chi connectivity index (χ0n) is 37.9. The highest BCUT2D eigenvalue weighted by molar-refractivity contribution is 5.70. The summed E-state index contributed by atoms with van der Waals surface area (Å²) in [4.78, 5) is 36.9. The van der Waals surface area contributed by atoms with E-state index in [1.54, 1.807) is 21.1 Å². The van der Waals surface area contributed by atoms with Gasteiger partial charge in [0.15, 0.2) is 6.10 Å². The summed E-state index contributed by atoms with van der Waals surface area (Å²) in [5, 5.41) is 11.6. The van der Waals surface area contributed by atoms with Crippen molar-refractivity contribution in [2.75, 3.05) is 41.0 Å². The molecule has 0 aromatic carbocycles. The van der Waals surface area contributed by atoms with Crippen LogP contribution < -0.4 is 5.11 Å². The molecule has 0 aromatic heterocycles. The lowest BCUT2D eigenvalue weighted by Gasteiger charge is -2.34. The second-order valence-corrected chi connectivity index (χ2v) is 15.9. The van der Waals surface area contributed by atoms with E-state index in [0.29, 0.717) is 12.8 Å². The van der Waals surface area contributed by atoms with Gasteiger partial charge < -0.3 is 28.6 Å². The average Bonchev–Trinajstić information content (AvgIpc) is 3.19. The van der Waals surface area contributed by atoms with Crippen LogP contribution in [0.15, 0.2) is 97.2 Å². The molecule has 0 aliphatic heterocycles. The van der Waals surface area contributed by atoms with E-state index >= 15 is 0 Å². The van der Waals surface area contributed by atoms with Gasteiger partial charge in [0, 0.05) is 19.3 Å². The third-order valence-electron chi connectivity index (χ3n) is 9.48. The van der Waals surface area contributed by atoms with Crippen LogP contribution in [0.2, 0.25) is 0 Å². The summed E-state index contributed by atoms with van der Waals surface area (Å²) in [5.74, 6) is -1.84. The third kappa shape index (κ3) is 39.5. The smallest absolute Gasteiger partial charge is 0.306 e. The molecule has 0 amide bonds. The van der Waals surface area contributed by atoms with E-state index in [4.69, 9.17) is 14.2 Å². The highest BCUT2D eigenvalue weighted by atomic mass is 16.6. The molecular formula is C51H83NO7. The molecule has 0 aliphatic rings. The molecule has 2 atom stereocenters. The number of carbonyl (C=O) groups is 3. The minimum atomic E-state index is -1.14. The van der Waals surface area contributed by atoms with E-state index in [1.807, 2.05) is 0 Å². The molecule has 8 nitrogen and oxygen atoms in total. The molecule has 334 valence electrons. The largest absolute Gasteiger partial charge is 0.544 e. The monoisotopic (exact) mass is 822 g/mol. The summed E-state index contributed by atoms with van der Waals surface area (Å²) < 4.78 is 17.1. The maximum atomic E-state index is 12.7. The summed E-state index contributed by atoms with van der Waals surface area (Å²) in [6, 6.07) is -0.743. The third-order valence-corrected chi connectivity index (χ3v) is 9.48. The molecule has 0 bridgehead atoms. The Kier molecular flexibility index (Phi) is 38.4. The van der Waals surface area contributed by atoms with Crippen molar-refractivity contribution in [3.8, 4) is 0 Å². The molecule has 8 heteroatoms. The fourth-order valence-electron chi connectivity index (χ4n) is 5.95. The Hall–Kier alpha value is -3.75. The molecule has 0 fully saturated rings. The lowest BCUT2D eigenvalue weighted by molar-refractivity contribution is -0.889. The number of rotatable bonds is 39. The Balaban J connectivity index is 4.48. The average molecular weight is 822 g/mol. The second-order valence-electron chi connectivity index (χ2n) is 15.9. The first-order valence-electron chi connectivity index (χ1n) is 22.8. The number of carbonyl (C=O) groups excluding carboxylic acids is 3. The number of allylic oxidation sites excluding steroid dienone is 16. The SMILES string of the molecule is CC/C=C/C/C=C/C/C=C/C/C=C/C/C=C/C/C=C/CCCC(=O)OC(COCCC(C(=O)[O-])[N+](C)(C)C)COC(=O)CCCCCCCC/C=C/C=C/CCCCC. The van der Waals surface area contributed by atoms with Gasteiger partial charge in [-0.25, -0.2) is 0 Å². The molecule has 2 unspecified atom stereocenters. The highest BCUT2D eigenvalue weighted by Gasteiger charge is 2.25. The van der Waals surface area contributed by atoms with Crippen molar-refractivity contribution >= 4 is 17.9 Å². The zero-order valence-corrected chi connectivity index (χ0v) is 37.9. The number of carboxylic acid groups (broad SMARTS) is 1. The molecule has 0 radical (unpaired) electrons. The van der Waals surface area contributed by atoms with Crippen molar-refractivity contribution in [3.05, 3.63) is 97.2 Å². The van der Waals surface area contributed by atoms with Crippen LogP contribution in [0.5, 0.6) is 0 Å². The fourth-order valence-corrected chi connectivity index (χ4v) is 5.95. The van der Waals surface area contributed by atoms with Crippen molar-refractivity contribution in [1.82, 2.24) is 0 Å². The van der Waals surface area contributed by atoms with Crippen LogP contribution in [0.1, 0.15) is 155 Å². The molecular weight excluding hydrogens is 739 g/mol. The molecule has 59 heavy (non-hydrogen) atoms. The standard InChI is InChI=1S/C51H83NO7/c1-6-8-10-12-14-16-18-20-22-23-24-25-26-28-30-32-34-36-38-40-42-50(54)59-47(45-57-44-43-48(51(55)56)52(3,4)5)46-58-49(53)41-39-37-35-33-31-29-27-21-19-17-15-13-11-9-7-2/h8,10,14-17,19-22,24-25,28,30,34,36,47-48H,6-7,9,11-13,18,23,26-27,29,31-33,35,37-46H2,1-5H3/b10-8+,16-14+,17-15+,21-19+,22-20+,25-24+,30-28+,36-34+. The number of likely N-dealkylation sites (N-methyl/N-ethyl adjacent to an activating group) is 1. The van der Waals surface area contributed by atoms with E-state index in [-0.39, 0.29) is 49.1 Å². The van der Waals surface area contributed by atoms with Gasteiger partial charge >= 0.3 is 11.9 Å². The minimum Gasteiger partial charge on any atom is -0.544 e. The Morgan fingerprint density at radius 1 is 0.542 bits per heavy atom. The van der Waals surface area contributed by atoms with Crippen LogP contribution in [-0.4, -0.2) is 75.5 Å². The predicted molar refractivity (Wildman–Crippen MR) is 245 cm³/mol. The predicted octanol–water partition coefficient (Wildman–Crippen LogP) is 11.4. The number of hydrogen-bond acceptors (Lipinski definition) is 7. The van der Waals surface area contributed by atoms with Crippen LogP contribution in [0.25, 0.3) is 0 Å². The van der Waals surface area contributed by atoms with Crippen molar-refractivity contribution in [1.29, 1.82) is 0 Å². The highest BCUT2D eigenvalue weighted by Crippen LogP contribution is 2.12. The van der Waals surface area contributed by atoms with Crippen LogP contribution >= 0.6 is 0 Å². The molecule has 0 heterocycles. The van der Waals surface area contributed by atoms with E-state index < -0.39 is 18.1 Å². The number of ether oxygens (including phenoxy) is 3. The van der Waals surface area contributed by atoms with Gasteiger partial charge in [-0.1, -0.05) is 150 Å². The Labute approximate surface area is 360 Å². The molecule has 0 aromatic rings. The maximum Gasteiger partial charge on any atom is 0.306 e. The van der Waals surface area contributed by atoms with Crippen molar-refractivity contribution in [2.24, 2.45) is 0 Å². The van der Waals surface area contributed by atoms with Gasteiger partial charge in [-0.3, -0.25) is 9.59 Å². The number of hydrogen-bond donors (Lipinski definition) is 0. The summed E-state index contributed by atoms with van der Waals surface area (Å²) in [7, 11) is 5.37. The van der Waals surface area contributed by atoms with Gasteiger partial charge in [0.05, 0.1) is 40.3 Å². The first-order valence-corrected chi connectivity index (χ1v) is 22.8. The maximum absolute atomic E-state index is 12.7. The lowest BCUT2D eigenvalue weighted by atomic mass is 10.1. The normalized spacial score (nSPS) is 13.8. The van der Waals surface area contributed by atoms with Crippen LogP contribution in [0, 0.1) is 0 Å². The van der Waals surface area contributed by atoms with Crippen LogP contribution in [0.4, 0.5) is 0 Å². The molecule has 0 saturated carbocycles. The number of unbranched alkanes of at least 4 members (excludes halogenated alkanes) is 10. The van der Waals surface area contributed by atoms with Crippen LogP contribution in [0.3, 0.4) is 0 Å². The molecule has 0 spiro atoms. The molecule has 0 aliphatic carbocycles. The van der Waals surface area contributed by atoms with E-state index in [2.05, 4.69) is 111 Å². The lowest BCUT2D eigenvalue weighted by Crippen LogP contribution is -2.55. The second kappa shape index (κ2) is 41.0. The number of quaternary nitrogens is 1. The van der Waals surface area contributed by atoms with E-state index in [9.17, 15) is 19.5 Å². The molecule has 0 N–H and O–H groups in total. The summed E-state index contributed by atoms with van der Waals surface area (Å²) in [6.45, 7) is 4.42.